The first-order valence-corrected chi connectivity index (χ1v) is 11.6. The van der Waals surface area contributed by atoms with E-state index in [9.17, 15) is 8.42 Å². The minimum atomic E-state index is -3.67. The highest BCUT2D eigenvalue weighted by Crippen LogP contribution is 2.32. The summed E-state index contributed by atoms with van der Waals surface area (Å²) >= 11 is 5.94. The lowest BCUT2D eigenvalue weighted by Crippen LogP contribution is -2.17. The summed E-state index contributed by atoms with van der Waals surface area (Å²) in [6.07, 6.45) is 0.746. The van der Waals surface area contributed by atoms with Crippen molar-refractivity contribution in [1.82, 2.24) is 5.32 Å². The second kappa shape index (κ2) is 10.6. The van der Waals surface area contributed by atoms with Gasteiger partial charge in [-0.3, -0.25) is 0 Å². The molecule has 6 nitrogen and oxygen atoms in total. The van der Waals surface area contributed by atoms with Gasteiger partial charge in [0.1, 0.15) is 6.61 Å². The maximum Gasteiger partial charge on any atom is 0.238 e. The van der Waals surface area contributed by atoms with E-state index in [0.717, 1.165) is 23.1 Å². The quantitative estimate of drug-likeness (QED) is 0.448. The van der Waals surface area contributed by atoms with Crippen LogP contribution in [-0.4, -0.2) is 22.1 Å². The monoisotopic (exact) mass is 460 g/mol. The third-order valence-electron chi connectivity index (χ3n) is 4.73. The van der Waals surface area contributed by atoms with Crippen LogP contribution in [0.1, 0.15) is 16.7 Å². The van der Waals surface area contributed by atoms with Gasteiger partial charge in [-0.15, -0.1) is 0 Å². The average molecular weight is 461 g/mol. The van der Waals surface area contributed by atoms with E-state index in [0.29, 0.717) is 36.2 Å². The molecule has 0 aliphatic rings. The first-order chi connectivity index (χ1) is 14.9. The molecular formula is C23H25ClN2O4S. The van der Waals surface area contributed by atoms with Gasteiger partial charge in [0.15, 0.2) is 11.5 Å². The molecule has 0 unspecified atom stereocenters. The van der Waals surface area contributed by atoms with Gasteiger partial charge in [0, 0.05) is 17.1 Å². The highest BCUT2D eigenvalue weighted by Gasteiger charge is 2.11. The molecule has 0 radical (unpaired) electrons. The average Bonchev–Trinajstić information content (AvgIpc) is 2.76. The fourth-order valence-electron chi connectivity index (χ4n) is 3.06. The van der Waals surface area contributed by atoms with Crippen LogP contribution in [0.5, 0.6) is 11.5 Å². The van der Waals surface area contributed by atoms with Gasteiger partial charge in [-0.1, -0.05) is 48.0 Å². The zero-order valence-electron chi connectivity index (χ0n) is 17.2. The molecule has 0 aliphatic carbocycles. The van der Waals surface area contributed by atoms with Crippen molar-refractivity contribution in [2.24, 2.45) is 5.14 Å². The fourth-order valence-corrected chi connectivity index (χ4v) is 3.70. The smallest absolute Gasteiger partial charge is 0.238 e. The van der Waals surface area contributed by atoms with E-state index in [2.05, 4.69) is 5.32 Å². The Hall–Kier alpha value is -2.58. The third kappa shape index (κ3) is 6.70. The molecule has 0 bridgehead atoms. The molecule has 0 fully saturated rings. The summed E-state index contributed by atoms with van der Waals surface area (Å²) in [7, 11) is -2.05. The predicted molar refractivity (Wildman–Crippen MR) is 122 cm³/mol. The Morgan fingerprint density at radius 1 is 0.968 bits per heavy atom. The Morgan fingerprint density at radius 2 is 1.65 bits per heavy atom. The molecular weight excluding hydrogens is 436 g/mol. The van der Waals surface area contributed by atoms with Crippen molar-refractivity contribution in [2.75, 3.05) is 13.7 Å². The van der Waals surface area contributed by atoms with Gasteiger partial charge < -0.3 is 14.8 Å². The number of methoxy groups -OCH3 is 1. The Bertz CT molecular complexity index is 1100. The SMILES string of the molecule is COc1cccc(CNCCc2ccc(S(N)(=O)=O)cc2)c1OCc1ccc(Cl)cc1. The van der Waals surface area contributed by atoms with E-state index < -0.39 is 10.0 Å². The Labute approximate surface area is 188 Å². The summed E-state index contributed by atoms with van der Waals surface area (Å²) in [6.45, 7) is 1.71. The summed E-state index contributed by atoms with van der Waals surface area (Å²) in [4.78, 5) is 0.114. The zero-order valence-corrected chi connectivity index (χ0v) is 18.7. The minimum absolute atomic E-state index is 0.114. The highest BCUT2D eigenvalue weighted by molar-refractivity contribution is 7.89. The van der Waals surface area contributed by atoms with Crippen molar-refractivity contribution in [3.63, 3.8) is 0 Å². The van der Waals surface area contributed by atoms with Crippen LogP contribution in [0, 0.1) is 0 Å². The molecule has 3 N–H and O–H groups in total. The molecule has 0 atom stereocenters. The molecule has 0 saturated heterocycles. The van der Waals surface area contributed by atoms with E-state index >= 15 is 0 Å². The Balaban J connectivity index is 1.58. The van der Waals surface area contributed by atoms with Crippen molar-refractivity contribution >= 4 is 21.6 Å². The Morgan fingerprint density at radius 3 is 2.29 bits per heavy atom. The van der Waals surface area contributed by atoms with Gasteiger partial charge in [0.05, 0.1) is 12.0 Å². The van der Waals surface area contributed by atoms with Crippen LogP contribution in [0.2, 0.25) is 5.02 Å². The number of ether oxygens (including phenoxy) is 2. The summed E-state index contributed by atoms with van der Waals surface area (Å²) in [5, 5.41) is 9.21. The van der Waals surface area contributed by atoms with Crippen LogP contribution in [0.15, 0.2) is 71.6 Å². The van der Waals surface area contributed by atoms with Crippen LogP contribution in [0.25, 0.3) is 0 Å². The van der Waals surface area contributed by atoms with Gasteiger partial charge in [0.25, 0.3) is 0 Å². The zero-order chi connectivity index (χ0) is 22.3. The van der Waals surface area contributed by atoms with Gasteiger partial charge in [-0.2, -0.15) is 0 Å². The molecule has 0 heterocycles. The van der Waals surface area contributed by atoms with Crippen molar-refractivity contribution < 1.29 is 17.9 Å². The number of hydrogen-bond acceptors (Lipinski definition) is 5. The molecule has 0 spiro atoms. The topological polar surface area (TPSA) is 90.6 Å². The number of nitrogens with one attached hydrogen (secondary N) is 1. The lowest BCUT2D eigenvalue weighted by molar-refractivity contribution is 0.280. The van der Waals surface area contributed by atoms with Gasteiger partial charge in [-0.05, 0) is 54.4 Å². The van der Waals surface area contributed by atoms with Crippen molar-refractivity contribution in [3.05, 3.63) is 88.4 Å². The van der Waals surface area contributed by atoms with Gasteiger partial charge >= 0.3 is 0 Å². The number of rotatable bonds is 10. The summed E-state index contributed by atoms with van der Waals surface area (Å²) in [5.41, 5.74) is 3.01. The van der Waals surface area contributed by atoms with Crippen LogP contribution < -0.4 is 19.9 Å². The number of sulfonamides is 1. The Kier molecular flexibility index (Phi) is 7.92. The predicted octanol–water partition coefficient (Wildman–Crippen LogP) is 3.91. The normalized spacial score (nSPS) is 11.3. The second-order valence-corrected chi connectivity index (χ2v) is 8.98. The third-order valence-corrected chi connectivity index (χ3v) is 5.92. The number of primary sulfonamides is 1. The van der Waals surface area contributed by atoms with Crippen molar-refractivity contribution in [3.8, 4) is 11.5 Å². The number of halogens is 1. The largest absolute Gasteiger partial charge is 0.493 e. The minimum Gasteiger partial charge on any atom is -0.493 e. The molecule has 8 heteroatoms. The number of hydrogen-bond donors (Lipinski definition) is 2. The molecule has 31 heavy (non-hydrogen) atoms. The maximum atomic E-state index is 11.3. The maximum absolute atomic E-state index is 11.3. The van der Waals surface area contributed by atoms with E-state index in [1.54, 1.807) is 19.2 Å². The second-order valence-electron chi connectivity index (χ2n) is 6.98. The molecule has 3 aromatic rings. The lowest BCUT2D eigenvalue weighted by Gasteiger charge is -2.16. The molecule has 0 saturated carbocycles. The number of nitrogens with two attached hydrogens (primary N) is 1. The van der Waals surface area contributed by atoms with E-state index in [4.69, 9.17) is 26.2 Å². The molecule has 3 aromatic carbocycles. The summed E-state index contributed by atoms with van der Waals surface area (Å²) in [6, 6.07) is 19.9. The fraction of sp³-hybridized carbons (Fsp3) is 0.217. The number of para-hydroxylation sites is 1. The van der Waals surface area contributed by atoms with Gasteiger partial charge in [0.2, 0.25) is 10.0 Å². The van der Waals surface area contributed by atoms with Crippen molar-refractivity contribution in [1.29, 1.82) is 0 Å². The first kappa shape index (κ1) is 23.1. The van der Waals surface area contributed by atoms with Crippen LogP contribution in [-0.2, 0) is 29.6 Å². The lowest BCUT2D eigenvalue weighted by atomic mass is 10.1. The van der Waals surface area contributed by atoms with Gasteiger partial charge in [-0.25, -0.2) is 13.6 Å². The van der Waals surface area contributed by atoms with E-state index in [1.807, 2.05) is 42.5 Å². The van der Waals surface area contributed by atoms with Crippen LogP contribution >= 0.6 is 11.6 Å². The number of benzene rings is 3. The van der Waals surface area contributed by atoms with E-state index in [-0.39, 0.29) is 4.90 Å². The van der Waals surface area contributed by atoms with E-state index in [1.165, 1.54) is 12.1 Å². The first-order valence-electron chi connectivity index (χ1n) is 9.72. The van der Waals surface area contributed by atoms with Crippen molar-refractivity contribution in [2.45, 2.75) is 24.5 Å². The molecule has 0 amide bonds. The molecule has 0 aliphatic heterocycles. The van der Waals surface area contributed by atoms with Crippen LogP contribution in [0.3, 0.4) is 0 Å². The summed E-state index contributed by atoms with van der Waals surface area (Å²) < 4.78 is 34.2. The highest BCUT2D eigenvalue weighted by atomic mass is 35.5. The van der Waals surface area contributed by atoms with Crippen LogP contribution in [0.4, 0.5) is 0 Å². The molecule has 0 aromatic heterocycles. The molecule has 3 rings (SSSR count). The standard InChI is InChI=1S/C23H25ClN2O4S/c1-29-22-4-2-3-19(23(22)30-16-18-5-9-20(24)10-6-18)15-26-14-13-17-7-11-21(12-8-17)31(25,27)28/h2-12,26H,13-16H2,1H3,(H2,25,27,28). The molecule has 164 valence electrons. The summed E-state index contributed by atoms with van der Waals surface area (Å²) in [5.74, 6) is 1.37.